The molecule has 2 aliphatic carbocycles. The Labute approximate surface area is 292 Å². The monoisotopic (exact) mass is 719 g/mol. The van der Waals surface area contributed by atoms with Crippen LogP contribution in [0.1, 0.15) is 112 Å². The van der Waals surface area contributed by atoms with Crippen LogP contribution in [0.3, 0.4) is 0 Å². The number of rotatable bonds is 11. The second-order valence-electron chi connectivity index (χ2n) is 14.3. The third-order valence-electron chi connectivity index (χ3n) is 9.29. The maximum Gasteiger partial charge on any atom is 0.206 e. The summed E-state index contributed by atoms with van der Waals surface area (Å²) in [4.78, 5) is 0. The maximum absolute atomic E-state index is 9.64. The number of halogens is 1. The first kappa shape index (κ1) is 38.7. The molecule has 0 radical (unpaired) electrons. The van der Waals surface area contributed by atoms with Gasteiger partial charge in [-0.1, -0.05) is 111 Å². The van der Waals surface area contributed by atoms with Gasteiger partial charge in [0.1, 0.15) is 6.61 Å². The van der Waals surface area contributed by atoms with Crippen LogP contribution in [-0.4, -0.2) is 11.7 Å². The molecule has 1 aromatic heterocycles. The normalized spacial score (nSPS) is 19.9. The van der Waals surface area contributed by atoms with Crippen LogP contribution in [0.2, 0.25) is 0 Å². The van der Waals surface area contributed by atoms with Crippen molar-refractivity contribution in [3.05, 3.63) is 123 Å². The number of aromatic nitrogens is 1. The molecule has 0 saturated heterocycles. The van der Waals surface area contributed by atoms with Gasteiger partial charge in [0, 0.05) is 18.2 Å². The zero-order valence-electron chi connectivity index (χ0n) is 29.5. The van der Waals surface area contributed by atoms with Gasteiger partial charge in [-0.15, -0.1) is 0 Å². The van der Waals surface area contributed by atoms with Crippen molar-refractivity contribution >= 4 is 12.2 Å². The zero-order valence-corrected chi connectivity index (χ0v) is 31.7. The predicted octanol–water partition coefficient (Wildman–Crippen LogP) is 8.00. The molecule has 2 aliphatic rings. The van der Waals surface area contributed by atoms with Crippen molar-refractivity contribution in [3.8, 4) is 0 Å². The molecule has 3 rings (SSSR count). The van der Waals surface area contributed by atoms with Gasteiger partial charge in [-0.25, -0.2) is 0 Å². The first-order valence-electron chi connectivity index (χ1n) is 16.6. The van der Waals surface area contributed by atoms with Crippen molar-refractivity contribution in [1.82, 2.24) is 0 Å². The number of pyridine rings is 1. The largest absolute Gasteiger partial charge is 1.00 e. The van der Waals surface area contributed by atoms with E-state index in [2.05, 4.69) is 152 Å². The minimum absolute atomic E-state index is 0. The van der Waals surface area contributed by atoms with Crippen LogP contribution in [0.25, 0.3) is 12.2 Å². The number of aliphatic hydroxyl groups excluding tert-OH is 1. The van der Waals surface area contributed by atoms with Crippen molar-refractivity contribution in [3.63, 3.8) is 0 Å². The molecular weight excluding hydrogens is 661 g/mol. The molecule has 0 amide bonds. The summed E-state index contributed by atoms with van der Waals surface area (Å²) in [6, 6.07) is 4.29. The van der Waals surface area contributed by atoms with Crippen LogP contribution in [-0.2, 0) is 6.54 Å². The minimum atomic E-state index is 0. The van der Waals surface area contributed by atoms with Crippen LogP contribution in [0.5, 0.6) is 0 Å². The van der Waals surface area contributed by atoms with Crippen molar-refractivity contribution in [1.29, 1.82) is 0 Å². The van der Waals surface area contributed by atoms with Gasteiger partial charge in [0.2, 0.25) is 5.69 Å². The summed E-state index contributed by atoms with van der Waals surface area (Å²) < 4.78 is 2.10. The molecule has 2 nitrogen and oxygen atoms in total. The highest BCUT2D eigenvalue weighted by atomic mass is 127. The molecule has 1 N–H and O–H groups in total. The summed E-state index contributed by atoms with van der Waals surface area (Å²) in [5.41, 5.74) is 12.4. The predicted molar refractivity (Wildman–Crippen MR) is 192 cm³/mol. The quantitative estimate of drug-likeness (QED) is 0.140. The Morgan fingerprint density at radius 3 is 1.82 bits per heavy atom. The fraction of sp³-hybridized carbons (Fsp3) is 0.452. The van der Waals surface area contributed by atoms with E-state index in [1.807, 2.05) is 0 Å². The summed E-state index contributed by atoms with van der Waals surface area (Å²) in [5.74, 6) is 0. The third-order valence-corrected chi connectivity index (χ3v) is 9.29. The average molecular weight is 720 g/mol. The van der Waals surface area contributed by atoms with E-state index in [9.17, 15) is 5.11 Å². The Balaban J connectivity index is 0.00000705. The summed E-state index contributed by atoms with van der Waals surface area (Å²) in [7, 11) is 0. The smallest absolute Gasteiger partial charge is 0.206 e. The lowest BCUT2D eigenvalue weighted by Crippen LogP contribution is -3.00. The SMILES string of the molecule is CC1=C(/C=C/C(C)=C/C=C/C(C)=C/c2cc(/C=C/C=C(C)/C=C/C3=C(C)CCCC3(C)C)cc[n+]2CCO)C(C)(C)CCC1.[I-]. The molecule has 0 atom stereocenters. The average Bonchev–Trinajstić information content (AvgIpc) is 2.93. The first-order chi connectivity index (χ1) is 20.8. The molecule has 244 valence electrons. The summed E-state index contributed by atoms with van der Waals surface area (Å²) in [6.45, 7) is 21.2. The second-order valence-corrected chi connectivity index (χ2v) is 14.3. The molecule has 0 bridgehead atoms. The molecule has 1 aromatic rings. The van der Waals surface area contributed by atoms with E-state index in [1.54, 1.807) is 0 Å². The van der Waals surface area contributed by atoms with E-state index in [1.165, 1.54) is 72.0 Å². The van der Waals surface area contributed by atoms with Crippen molar-refractivity contribution < 1.29 is 33.7 Å². The number of hydrogen-bond donors (Lipinski definition) is 1. The lowest BCUT2D eigenvalue weighted by molar-refractivity contribution is -0.699. The molecular formula is C42H58INO. The molecule has 0 spiro atoms. The lowest BCUT2D eigenvalue weighted by atomic mass is 9.72. The van der Waals surface area contributed by atoms with Crippen molar-refractivity contribution in [2.45, 2.75) is 107 Å². The highest BCUT2D eigenvalue weighted by Gasteiger charge is 2.27. The summed E-state index contributed by atoms with van der Waals surface area (Å²) >= 11 is 0. The third kappa shape index (κ3) is 12.0. The van der Waals surface area contributed by atoms with Crippen molar-refractivity contribution in [2.75, 3.05) is 6.61 Å². The topological polar surface area (TPSA) is 24.1 Å². The summed E-state index contributed by atoms with van der Waals surface area (Å²) in [6.07, 6.45) is 33.9. The molecule has 0 aliphatic heterocycles. The van der Waals surface area contributed by atoms with Gasteiger partial charge in [0.25, 0.3) is 0 Å². The molecule has 3 heteroatoms. The molecule has 0 aromatic carbocycles. The van der Waals surface area contributed by atoms with Crippen LogP contribution < -0.4 is 28.5 Å². The fourth-order valence-electron chi connectivity index (χ4n) is 6.61. The molecule has 1 heterocycles. The second kappa shape index (κ2) is 18.0. The van der Waals surface area contributed by atoms with Crippen molar-refractivity contribution in [2.24, 2.45) is 10.8 Å². The van der Waals surface area contributed by atoms with Crippen LogP contribution in [0, 0.1) is 10.8 Å². The maximum atomic E-state index is 9.64. The first-order valence-corrected chi connectivity index (χ1v) is 16.6. The standard InChI is InChI=1S/C42H58NO.HI/c1-32(20-22-39-35(4)17-12-25-41(39,6)7)14-10-16-34(3)30-38-31-37(24-27-43(38)28-29-44)19-11-15-33(2)21-23-40-36(5)18-13-26-42(40,8)9;/h10-11,14-16,19-24,27,30-31,44H,12-13,17-18,25-26,28-29H2,1-9H3;1H/q+1;/p-1/b16-10+,19-11+,22-20+,23-21+,32-14+,33-15+,34-30+;. The zero-order chi connectivity index (χ0) is 32.3. The van der Waals surface area contributed by atoms with Gasteiger partial charge >= 0.3 is 0 Å². The molecule has 0 fully saturated rings. The van der Waals surface area contributed by atoms with Crippen LogP contribution in [0.4, 0.5) is 0 Å². The number of hydrogen-bond acceptors (Lipinski definition) is 1. The Morgan fingerprint density at radius 2 is 1.31 bits per heavy atom. The highest BCUT2D eigenvalue weighted by Crippen LogP contribution is 2.41. The molecule has 0 unspecified atom stereocenters. The fourth-order valence-corrected chi connectivity index (χ4v) is 6.61. The van der Waals surface area contributed by atoms with Crippen LogP contribution in [0.15, 0.2) is 112 Å². The Morgan fingerprint density at radius 1 is 0.778 bits per heavy atom. The van der Waals surface area contributed by atoms with E-state index >= 15 is 0 Å². The Bertz CT molecular complexity index is 1450. The van der Waals surface area contributed by atoms with Gasteiger partial charge in [-0.2, -0.15) is 4.57 Å². The molecule has 0 saturated carbocycles. The number of nitrogens with zero attached hydrogens (tertiary/aromatic N) is 1. The van der Waals surface area contributed by atoms with E-state index in [0.717, 1.165) is 16.8 Å². The van der Waals surface area contributed by atoms with Gasteiger partial charge < -0.3 is 29.1 Å². The highest BCUT2D eigenvalue weighted by molar-refractivity contribution is 5.57. The van der Waals surface area contributed by atoms with Gasteiger partial charge in [0.15, 0.2) is 12.7 Å². The number of allylic oxidation sites excluding steroid dienone is 16. The van der Waals surface area contributed by atoms with Gasteiger partial charge in [-0.05, 0) is 106 Å². The van der Waals surface area contributed by atoms with E-state index in [4.69, 9.17) is 0 Å². The van der Waals surface area contributed by atoms with Gasteiger partial charge in [-0.3, -0.25) is 0 Å². The van der Waals surface area contributed by atoms with E-state index < -0.39 is 0 Å². The Kier molecular flexibility index (Phi) is 15.5. The van der Waals surface area contributed by atoms with Crippen LogP contribution >= 0.6 is 0 Å². The van der Waals surface area contributed by atoms with E-state index in [-0.39, 0.29) is 41.4 Å². The molecule has 45 heavy (non-hydrogen) atoms. The van der Waals surface area contributed by atoms with E-state index in [0.29, 0.717) is 6.54 Å². The Hall–Kier alpha value is -2.50. The lowest BCUT2D eigenvalue weighted by Gasteiger charge is -2.33. The minimum Gasteiger partial charge on any atom is -1.00 e. The number of aliphatic hydroxyl groups is 1. The summed E-state index contributed by atoms with van der Waals surface area (Å²) in [5, 5.41) is 9.64. The van der Waals surface area contributed by atoms with Gasteiger partial charge in [0.05, 0.1) is 0 Å².